The molecule has 19 heavy (non-hydrogen) atoms. The van der Waals surface area contributed by atoms with Crippen LogP contribution in [0.25, 0.3) is 6.08 Å². The molecule has 0 radical (unpaired) electrons. The van der Waals surface area contributed by atoms with Crippen LogP contribution in [0, 0.1) is 0 Å². The molecule has 0 bridgehead atoms. The summed E-state index contributed by atoms with van der Waals surface area (Å²) in [6, 6.07) is 1.72. The highest BCUT2D eigenvalue weighted by atomic mass is 32.1. The molecule has 0 aromatic carbocycles. The normalized spacial score (nSPS) is 22.9. The number of carbonyl (C=O) groups excluding carboxylic acids is 1. The van der Waals surface area contributed by atoms with Gasteiger partial charge in [0.2, 0.25) is 0 Å². The van der Waals surface area contributed by atoms with Gasteiger partial charge in [0.05, 0.1) is 12.2 Å². The molecule has 2 atom stereocenters. The molecular weight excluding hydrogens is 264 g/mol. The highest BCUT2D eigenvalue weighted by Gasteiger charge is 2.32. The first-order chi connectivity index (χ1) is 9.20. The summed E-state index contributed by atoms with van der Waals surface area (Å²) in [6.45, 7) is 4.31. The molecule has 1 fully saturated rings. The highest BCUT2D eigenvalue weighted by molar-refractivity contribution is 7.81. The van der Waals surface area contributed by atoms with Gasteiger partial charge in [-0.3, -0.25) is 0 Å². The molecule has 6 heteroatoms. The van der Waals surface area contributed by atoms with Crippen LogP contribution in [0.15, 0.2) is 35.5 Å². The summed E-state index contributed by atoms with van der Waals surface area (Å²) in [7, 11) is 0. The molecule has 1 aromatic heterocycles. The molecule has 2 heterocycles. The maximum absolute atomic E-state index is 11.9. The fourth-order valence-electron chi connectivity index (χ4n) is 1.97. The van der Waals surface area contributed by atoms with Crippen LogP contribution in [0.5, 0.6) is 0 Å². The summed E-state index contributed by atoms with van der Waals surface area (Å²) in [5, 5.41) is 3.77. The SMILES string of the molecule is C=CCOC(=O)N1C[C@@H](S)C[C@H]1/C=C/c1ccno1. The van der Waals surface area contributed by atoms with Crippen molar-refractivity contribution in [3.05, 3.63) is 36.8 Å². The summed E-state index contributed by atoms with van der Waals surface area (Å²) in [5.74, 6) is 0.655. The first kappa shape index (κ1) is 13.7. The number of rotatable bonds is 4. The lowest BCUT2D eigenvalue weighted by Crippen LogP contribution is -2.35. The maximum Gasteiger partial charge on any atom is 0.410 e. The van der Waals surface area contributed by atoms with Crippen LogP contribution in [0.1, 0.15) is 12.2 Å². The van der Waals surface area contributed by atoms with Crippen LogP contribution in [-0.4, -0.2) is 40.6 Å². The number of hydrogen-bond acceptors (Lipinski definition) is 5. The van der Waals surface area contributed by atoms with E-state index in [9.17, 15) is 4.79 Å². The van der Waals surface area contributed by atoms with Gasteiger partial charge in [-0.05, 0) is 12.5 Å². The number of hydrogen-bond donors (Lipinski definition) is 1. The average molecular weight is 280 g/mol. The van der Waals surface area contributed by atoms with E-state index in [0.29, 0.717) is 12.3 Å². The van der Waals surface area contributed by atoms with Gasteiger partial charge in [0.1, 0.15) is 6.61 Å². The Labute approximate surface area is 117 Å². The average Bonchev–Trinajstić information content (AvgIpc) is 3.02. The second-order valence-electron chi connectivity index (χ2n) is 4.25. The monoisotopic (exact) mass is 280 g/mol. The number of ether oxygens (including phenoxy) is 1. The van der Waals surface area contributed by atoms with Crippen molar-refractivity contribution in [1.29, 1.82) is 0 Å². The van der Waals surface area contributed by atoms with Crippen molar-refractivity contribution in [3.63, 3.8) is 0 Å². The zero-order valence-corrected chi connectivity index (χ0v) is 11.3. The summed E-state index contributed by atoms with van der Waals surface area (Å²) in [4.78, 5) is 13.5. The Morgan fingerprint density at radius 2 is 2.58 bits per heavy atom. The van der Waals surface area contributed by atoms with E-state index in [-0.39, 0.29) is 24.0 Å². The number of carbonyl (C=O) groups is 1. The zero-order valence-electron chi connectivity index (χ0n) is 10.4. The van der Waals surface area contributed by atoms with E-state index >= 15 is 0 Å². The first-order valence-electron chi connectivity index (χ1n) is 6.02. The molecular formula is C13H16N2O3S. The molecule has 2 rings (SSSR count). The minimum Gasteiger partial charge on any atom is -0.445 e. The summed E-state index contributed by atoms with van der Waals surface area (Å²) in [6.07, 6.45) is 7.28. The third-order valence-corrected chi connectivity index (χ3v) is 3.20. The second-order valence-corrected chi connectivity index (χ2v) is 4.98. The van der Waals surface area contributed by atoms with Crippen molar-refractivity contribution in [2.75, 3.05) is 13.2 Å². The number of thiol groups is 1. The van der Waals surface area contributed by atoms with E-state index in [1.54, 1.807) is 29.3 Å². The Balaban J connectivity index is 2.00. The third-order valence-electron chi connectivity index (χ3n) is 2.82. The Kier molecular flexibility index (Phi) is 4.68. The predicted octanol–water partition coefficient (Wildman–Crippen LogP) is 2.38. The Morgan fingerprint density at radius 3 is 3.26 bits per heavy atom. The molecule has 1 saturated heterocycles. The fourth-order valence-corrected chi connectivity index (χ4v) is 2.36. The van der Waals surface area contributed by atoms with Gasteiger partial charge in [-0.2, -0.15) is 12.6 Å². The molecule has 5 nitrogen and oxygen atoms in total. The van der Waals surface area contributed by atoms with Gasteiger partial charge in [0.25, 0.3) is 0 Å². The van der Waals surface area contributed by atoms with E-state index in [2.05, 4.69) is 24.4 Å². The number of likely N-dealkylation sites (tertiary alicyclic amines) is 1. The van der Waals surface area contributed by atoms with Gasteiger partial charge in [0.15, 0.2) is 5.76 Å². The van der Waals surface area contributed by atoms with E-state index < -0.39 is 0 Å². The molecule has 102 valence electrons. The van der Waals surface area contributed by atoms with E-state index in [1.807, 2.05) is 6.08 Å². The van der Waals surface area contributed by atoms with Gasteiger partial charge in [0, 0.05) is 17.9 Å². The predicted molar refractivity (Wildman–Crippen MR) is 75.0 cm³/mol. The number of amides is 1. The van der Waals surface area contributed by atoms with Crippen molar-refractivity contribution < 1.29 is 14.1 Å². The minimum atomic E-state index is -0.344. The Morgan fingerprint density at radius 1 is 1.74 bits per heavy atom. The lowest BCUT2D eigenvalue weighted by Gasteiger charge is -2.20. The van der Waals surface area contributed by atoms with Gasteiger partial charge in [-0.25, -0.2) is 4.79 Å². The molecule has 0 aliphatic carbocycles. The molecule has 1 aromatic rings. The highest BCUT2D eigenvalue weighted by Crippen LogP contribution is 2.24. The molecule has 1 aliphatic heterocycles. The molecule has 1 aliphatic rings. The minimum absolute atomic E-state index is 0.0371. The van der Waals surface area contributed by atoms with E-state index in [0.717, 1.165) is 6.42 Å². The molecule has 0 N–H and O–H groups in total. The van der Waals surface area contributed by atoms with Crippen LogP contribution in [0.4, 0.5) is 4.79 Å². The van der Waals surface area contributed by atoms with E-state index in [4.69, 9.17) is 9.26 Å². The van der Waals surface area contributed by atoms with Gasteiger partial charge < -0.3 is 14.2 Å². The summed E-state index contributed by atoms with van der Waals surface area (Å²) in [5.41, 5.74) is 0. The lowest BCUT2D eigenvalue weighted by molar-refractivity contribution is 0.114. The van der Waals surface area contributed by atoms with Gasteiger partial charge >= 0.3 is 6.09 Å². The van der Waals surface area contributed by atoms with Crippen molar-refractivity contribution in [2.24, 2.45) is 0 Å². The molecule has 1 amide bonds. The topological polar surface area (TPSA) is 55.6 Å². The zero-order chi connectivity index (χ0) is 13.7. The quantitative estimate of drug-likeness (QED) is 0.679. The fraction of sp³-hybridized carbons (Fsp3) is 0.385. The van der Waals surface area contributed by atoms with Crippen LogP contribution in [-0.2, 0) is 4.74 Å². The van der Waals surface area contributed by atoms with Crippen molar-refractivity contribution in [2.45, 2.75) is 17.7 Å². The Bertz CT molecular complexity index is 458. The number of nitrogens with zero attached hydrogens (tertiary/aromatic N) is 2. The van der Waals surface area contributed by atoms with Crippen LogP contribution < -0.4 is 0 Å². The first-order valence-corrected chi connectivity index (χ1v) is 6.53. The number of aromatic nitrogens is 1. The van der Waals surface area contributed by atoms with Crippen LogP contribution in [0.3, 0.4) is 0 Å². The standard InChI is InChI=1S/C13H16N2O3S/c1-2-7-17-13(16)15-9-12(19)8-10(15)3-4-11-5-6-14-18-11/h2-6,10,12,19H,1,7-9H2/b4-3+/t10-,12+/m1/s1. The second kappa shape index (κ2) is 6.47. The Hall–Kier alpha value is -1.69. The van der Waals surface area contributed by atoms with Crippen molar-refractivity contribution in [1.82, 2.24) is 10.1 Å². The molecule has 0 saturated carbocycles. The molecule has 0 spiro atoms. The largest absolute Gasteiger partial charge is 0.445 e. The summed E-state index contributed by atoms with van der Waals surface area (Å²) >= 11 is 4.43. The van der Waals surface area contributed by atoms with Gasteiger partial charge in [-0.15, -0.1) is 0 Å². The summed E-state index contributed by atoms with van der Waals surface area (Å²) < 4.78 is 10.0. The lowest BCUT2D eigenvalue weighted by atomic mass is 10.2. The van der Waals surface area contributed by atoms with Gasteiger partial charge in [-0.1, -0.05) is 23.9 Å². The third kappa shape index (κ3) is 3.64. The molecule has 0 unspecified atom stereocenters. The van der Waals surface area contributed by atoms with E-state index in [1.165, 1.54) is 0 Å². The van der Waals surface area contributed by atoms with Crippen molar-refractivity contribution >= 4 is 24.8 Å². The van der Waals surface area contributed by atoms with Crippen molar-refractivity contribution in [3.8, 4) is 0 Å². The van der Waals surface area contributed by atoms with Crippen LogP contribution >= 0.6 is 12.6 Å². The maximum atomic E-state index is 11.9. The smallest absolute Gasteiger partial charge is 0.410 e. The van der Waals surface area contributed by atoms with Crippen LogP contribution in [0.2, 0.25) is 0 Å².